The van der Waals surface area contributed by atoms with Crippen molar-refractivity contribution in [3.8, 4) is 5.75 Å². The minimum absolute atomic E-state index is 0.115. The fourth-order valence-corrected chi connectivity index (χ4v) is 4.69. The van der Waals surface area contributed by atoms with Crippen LogP contribution in [0.15, 0.2) is 76.4 Å². The second-order valence-corrected chi connectivity index (χ2v) is 8.34. The number of ether oxygens (including phenoxy) is 1. The Hall–Kier alpha value is -3.46. The quantitative estimate of drug-likeness (QED) is 0.487. The molecule has 0 bridgehead atoms. The third-order valence-corrected chi connectivity index (χ3v) is 6.40. The molecule has 0 unspecified atom stereocenters. The average Bonchev–Trinajstić information content (AvgIpc) is 3.01. The van der Waals surface area contributed by atoms with Crippen molar-refractivity contribution in [2.75, 3.05) is 7.11 Å². The average molecular weight is 430 g/mol. The van der Waals surface area contributed by atoms with Gasteiger partial charge in [-0.15, -0.1) is 0 Å². The first-order valence-electron chi connectivity index (χ1n) is 8.86. The van der Waals surface area contributed by atoms with Crippen LogP contribution in [0.4, 0.5) is 8.78 Å². The zero-order chi connectivity index (χ0) is 21.5. The molecule has 0 aliphatic rings. The van der Waals surface area contributed by atoms with Crippen LogP contribution in [-0.4, -0.2) is 24.3 Å². The summed E-state index contributed by atoms with van der Waals surface area (Å²) in [6.07, 6.45) is 0. The van der Waals surface area contributed by atoms with Crippen LogP contribution in [0.1, 0.15) is 5.56 Å². The molecule has 0 fully saturated rings. The number of fused-ring (bicyclic) bond motifs is 1. The highest BCUT2D eigenvalue weighted by Crippen LogP contribution is 2.24. The Labute approximate surface area is 170 Å². The van der Waals surface area contributed by atoms with E-state index in [9.17, 15) is 22.0 Å². The summed E-state index contributed by atoms with van der Waals surface area (Å²) in [5.74, 6) is -0.639. The molecule has 30 heavy (non-hydrogen) atoms. The van der Waals surface area contributed by atoms with Gasteiger partial charge in [0.05, 0.1) is 29.5 Å². The normalized spacial score (nSPS) is 11.7. The minimum Gasteiger partial charge on any atom is -0.497 e. The summed E-state index contributed by atoms with van der Waals surface area (Å²) in [6.45, 7) is -0.115. The van der Waals surface area contributed by atoms with E-state index in [2.05, 4.69) is 0 Å². The molecule has 4 aromatic rings. The topological polar surface area (TPSA) is 70.3 Å². The molecule has 154 valence electrons. The summed E-state index contributed by atoms with van der Waals surface area (Å²) in [5.41, 5.74) is 0.120. The van der Waals surface area contributed by atoms with Crippen molar-refractivity contribution in [1.29, 1.82) is 0 Å². The molecule has 1 heterocycles. The number of rotatable bonds is 5. The van der Waals surface area contributed by atoms with E-state index >= 15 is 0 Å². The molecule has 6 nitrogen and oxygen atoms in total. The summed E-state index contributed by atoms with van der Waals surface area (Å²) in [5, 5.41) is 0.141. The lowest BCUT2D eigenvalue weighted by atomic mass is 10.2. The molecule has 0 spiro atoms. The fourth-order valence-electron chi connectivity index (χ4n) is 3.20. The van der Waals surface area contributed by atoms with Crippen LogP contribution in [0.5, 0.6) is 5.75 Å². The first-order chi connectivity index (χ1) is 14.3. The van der Waals surface area contributed by atoms with E-state index in [0.717, 1.165) is 33.0 Å². The summed E-state index contributed by atoms with van der Waals surface area (Å²) in [6, 6.07) is 14.2. The van der Waals surface area contributed by atoms with Crippen LogP contribution in [0.25, 0.3) is 10.9 Å². The van der Waals surface area contributed by atoms with Gasteiger partial charge in [-0.2, -0.15) is 12.5 Å². The summed E-state index contributed by atoms with van der Waals surface area (Å²) in [4.78, 5) is 12.9. The second kappa shape index (κ2) is 7.42. The van der Waals surface area contributed by atoms with Gasteiger partial charge in [-0.05, 0) is 60.2 Å². The fraction of sp³-hybridized carbons (Fsp3) is 0.0952. The molecule has 0 saturated carbocycles. The largest absolute Gasteiger partial charge is 0.497 e. The first kappa shape index (κ1) is 19.8. The number of nitrogens with zero attached hydrogens (tertiary/aromatic N) is 2. The van der Waals surface area contributed by atoms with Crippen LogP contribution in [0.2, 0.25) is 0 Å². The molecule has 9 heteroatoms. The van der Waals surface area contributed by atoms with Crippen LogP contribution in [0.3, 0.4) is 0 Å². The lowest BCUT2D eigenvalue weighted by Crippen LogP contribution is -2.28. The molecule has 0 saturated heterocycles. The predicted molar refractivity (Wildman–Crippen MR) is 107 cm³/mol. The maximum Gasteiger partial charge on any atom is 0.282 e. The maximum atomic E-state index is 13.4. The summed E-state index contributed by atoms with van der Waals surface area (Å²) >= 11 is 0. The van der Waals surface area contributed by atoms with E-state index in [1.165, 1.54) is 43.5 Å². The van der Waals surface area contributed by atoms with Crippen molar-refractivity contribution in [1.82, 2.24) is 8.77 Å². The van der Waals surface area contributed by atoms with Crippen molar-refractivity contribution in [3.63, 3.8) is 0 Å². The molecule has 1 aromatic heterocycles. The predicted octanol–water partition coefficient (Wildman–Crippen LogP) is 3.38. The van der Waals surface area contributed by atoms with E-state index in [1.54, 1.807) is 6.07 Å². The van der Waals surface area contributed by atoms with Crippen molar-refractivity contribution < 1.29 is 21.9 Å². The third-order valence-electron chi connectivity index (χ3n) is 4.68. The molecular formula is C21H16F2N2O4S. The molecule has 0 aliphatic carbocycles. The molecular weight excluding hydrogens is 414 g/mol. The first-order valence-corrected chi connectivity index (χ1v) is 10.3. The lowest BCUT2D eigenvalue weighted by molar-refractivity contribution is 0.415. The molecule has 0 atom stereocenters. The van der Waals surface area contributed by atoms with Crippen LogP contribution in [-0.2, 0) is 16.6 Å². The Balaban J connectivity index is 1.99. The van der Waals surface area contributed by atoms with Gasteiger partial charge in [0.25, 0.3) is 15.6 Å². The number of aromatic nitrogens is 2. The monoisotopic (exact) mass is 430 g/mol. The van der Waals surface area contributed by atoms with Crippen molar-refractivity contribution in [3.05, 3.63) is 94.3 Å². The number of hydrogen-bond donors (Lipinski definition) is 0. The van der Waals surface area contributed by atoms with Crippen molar-refractivity contribution >= 4 is 20.9 Å². The number of benzene rings is 3. The SMILES string of the molecule is COc1ccc2c(c1)c(=O)n(Cc1ccc(F)cc1)n2S(=O)(=O)c1ccc(F)cc1. The van der Waals surface area contributed by atoms with Gasteiger partial charge in [-0.25, -0.2) is 13.5 Å². The van der Waals surface area contributed by atoms with Gasteiger partial charge >= 0.3 is 0 Å². The summed E-state index contributed by atoms with van der Waals surface area (Å²) in [7, 11) is -2.81. The zero-order valence-corrected chi connectivity index (χ0v) is 16.6. The van der Waals surface area contributed by atoms with E-state index in [4.69, 9.17) is 4.74 Å². The number of halogens is 2. The Morgan fingerprint density at radius 3 is 2.10 bits per heavy atom. The van der Waals surface area contributed by atoms with Gasteiger partial charge in [0.1, 0.15) is 17.4 Å². The van der Waals surface area contributed by atoms with E-state index in [-0.39, 0.29) is 22.3 Å². The Morgan fingerprint density at radius 2 is 1.50 bits per heavy atom. The second-order valence-electron chi connectivity index (χ2n) is 6.57. The smallest absolute Gasteiger partial charge is 0.282 e. The molecule has 4 rings (SSSR count). The standard InChI is InChI=1S/C21H16F2N2O4S/c1-29-17-8-11-20-19(12-17)21(26)24(13-14-2-4-15(22)5-3-14)25(20)30(27,28)18-9-6-16(23)7-10-18/h2-12H,13H2,1H3. The van der Waals surface area contributed by atoms with Gasteiger partial charge in [-0.3, -0.25) is 4.79 Å². The lowest BCUT2D eigenvalue weighted by Gasteiger charge is -2.14. The van der Waals surface area contributed by atoms with Crippen LogP contribution >= 0.6 is 0 Å². The Kier molecular flexibility index (Phi) is 4.90. The van der Waals surface area contributed by atoms with Gasteiger partial charge in [-0.1, -0.05) is 12.1 Å². The van der Waals surface area contributed by atoms with Gasteiger partial charge < -0.3 is 4.74 Å². The van der Waals surface area contributed by atoms with Gasteiger partial charge in [0.15, 0.2) is 0 Å². The minimum atomic E-state index is -4.24. The number of hydrogen-bond acceptors (Lipinski definition) is 4. The Bertz CT molecular complexity index is 1390. The third kappa shape index (κ3) is 3.37. The highest BCUT2D eigenvalue weighted by Gasteiger charge is 2.26. The Morgan fingerprint density at radius 1 is 0.900 bits per heavy atom. The summed E-state index contributed by atoms with van der Waals surface area (Å²) < 4.78 is 60.4. The van der Waals surface area contributed by atoms with Gasteiger partial charge in [0.2, 0.25) is 0 Å². The van der Waals surface area contributed by atoms with E-state index in [1.807, 2.05) is 0 Å². The number of methoxy groups -OCH3 is 1. The molecule has 3 aromatic carbocycles. The molecule has 0 N–H and O–H groups in total. The molecule has 0 aliphatic heterocycles. The van der Waals surface area contributed by atoms with Crippen molar-refractivity contribution in [2.45, 2.75) is 11.4 Å². The van der Waals surface area contributed by atoms with Crippen LogP contribution < -0.4 is 10.3 Å². The van der Waals surface area contributed by atoms with Crippen LogP contribution in [0, 0.1) is 11.6 Å². The van der Waals surface area contributed by atoms with Crippen molar-refractivity contribution in [2.24, 2.45) is 0 Å². The van der Waals surface area contributed by atoms with Gasteiger partial charge in [0, 0.05) is 0 Å². The molecule has 0 amide bonds. The molecule has 0 radical (unpaired) electrons. The van der Waals surface area contributed by atoms with E-state index < -0.39 is 27.2 Å². The maximum absolute atomic E-state index is 13.4. The zero-order valence-electron chi connectivity index (χ0n) is 15.7. The highest BCUT2D eigenvalue weighted by molar-refractivity contribution is 7.90. The van der Waals surface area contributed by atoms with E-state index in [0.29, 0.717) is 11.3 Å². The highest BCUT2D eigenvalue weighted by atomic mass is 32.2.